The van der Waals surface area contributed by atoms with E-state index in [0.29, 0.717) is 28.3 Å². The number of thiophene rings is 1. The molecule has 3 aromatic rings. The van der Waals surface area contributed by atoms with Gasteiger partial charge in [-0.15, -0.1) is 11.3 Å². The fraction of sp³-hybridized carbons (Fsp3) is 0.208. The molecule has 1 heterocycles. The Hall–Kier alpha value is -3.23. The highest BCUT2D eigenvalue weighted by Gasteiger charge is 2.21. The van der Waals surface area contributed by atoms with Crippen molar-refractivity contribution in [3.05, 3.63) is 81.7 Å². The number of nitrogens with one attached hydrogen (secondary N) is 2. The first-order valence-corrected chi connectivity index (χ1v) is 11.3. The summed E-state index contributed by atoms with van der Waals surface area (Å²) < 4.78 is 5.63. The number of hydrogen-bond donors (Lipinski definition) is 3. The van der Waals surface area contributed by atoms with Crippen molar-refractivity contribution in [2.75, 3.05) is 5.32 Å². The van der Waals surface area contributed by atoms with Crippen LogP contribution in [0.3, 0.4) is 0 Å². The number of ether oxygens (including phenoxy) is 1. The molecule has 0 bridgehead atoms. The van der Waals surface area contributed by atoms with E-state index in [1.165, 1.54) is 11.3 Å². The minimum atomic E-state index is -0.548. The third-order valence-corrected chi connectivity index (χ3v) is 6.03. The monoisotopic (exact) mass is 467 g/mol. The maximum atomic E-state index is 12.6. The third-order valence-electron chi connectivity index (χ3n) is 4.62. The number of benzene rings is 2. The van der Waals surface area contributed by atoms with Gasteiger partial charge in [-0.2, -0.15) is 0 Å². The van der Waals surface area contributed by atoms with Gasteiger partial charge in [-0.05, 0) is 62.3 Å². The average Bonchev–Trinajstić information content (AvgIpc) is 3.03. The second kappa shape index (κ2) is 10.4. The van der Waals surface area contributed by atoms with Crippen LogP contribution < -0.4 is 21.1 Å². The number of carbonyl (C=O) groups excluding carboxylic acids is 2. The van der Waals surface area contributed by atoms with Crippen LogP contribution in [-0.2, 0) is 6.42 Å². The summed E-state index contributed by atoms with van der Waals surface area (Å²) in [6.07, 6.45) is 0.663. The average molecular weight is 468 g/mol. The second-order valence-electron chi connectivity index (χ2n) is 7.48. The molecule has 0 fully saturated rings. The van der Waals surface area contributed by atoms with Crippen LogP contribution in [0.4, 0.5) is 5.00 Å². The molecular weight excluding hydrogens is 442 g/mol. The maximum absolute atomic E-state index is 12.6. The van der Waals surface area contributed by atoms with Gasteiger partial charge in [-0.1, -0.05) is 36.4 Å². The molecule has 0 saturated carbocycles. The summed E-state index contributed by atoms with van der Waals surface area (Å²) in [5, 5.41) is 6.22. The van der Waals surface area contributed by atoms with Gasteiger partial charge in [0.05, 0.1) is 11.7 Å². The van der Waals surface area contributed by atoms with Gasteiger partial charge in [0, 0.05) is 16.9 Å². The van der Waals surface area contributed by atoms with Crippen LogP contribution in [0.2, 0.25) is 0 Å². The molecule has 0 atom stereocenters. The Bertz CT molecular complexity index is 1140. The van der Waals surface area contributed by atoms with E-state index in [4.69, 9.17) is 22.7 Å². The SMILES string of the molecule is Cc1c(Cc2ccccc2)sc(NC(=S)NC(=O)c2cccc(OC(C)C)c2)c1C(N)=O. The zero-order valence-electron chi connectivity index (χ0n) is 18.1. The van der Waals surface area contributed by atoms with E-state index in [2.05, 4.69) is 10.6 Å². The molecule has 1 aromatic heterocycles. The van der Waals surface area contributed by atoms with Gasteiger partial charge < -0.3 is 15.8 Å². The Labute approximate surface area is 196 Å². The number of amides is 2. The standard InChI is InChI=1S/C24H25N3O3S2/c1-14(2)30-18-11-7-10-17(13-18)22(29)26-24(31)27-23-20(21(25)28)15(3)19(32-23)12-16-8-5-4-6-9-16/h4-11,13-14H,12H2,1-3H3,(H2,25,28)(H2,26,27,29,31). The van der Waals surface area contributed by atoms with Crippen LogP contribution in [0.5, 0.6) is 5.75 Å². The van der Waals surface area contributed by atoms with Gasteiger partial charge in [0.1, 0.15) is 10.8 Å². The Morgan fingerprint density at radius 2 is 1.84 bits per heavy atom. The Morgan fingerprint density at radius 1 is 1.12 bits per heavy atom. The number of rotatable bonds is 7. The highest BCUT2D eigenvalue weighted by molar-refractivity contribution is 7.80. The molecule has 3 rings (SSSR count). The van der Waals surface area contributed by atoms with Crippen molar-refractivity contribution < 1.29 is 14.3 Å². The van der Waals surface area contributed by atoms with E-state index < -0.39 is 5.91 Å². The predicted octanol–water partition coefficient (Wildman–Crippen LogP) is 4.66. The molecule has 4 N–H and O–H groups in total. The van der Waals surface area contributed by atoms with Gasteiger partial charge in [-0.3, -0.25) is 14.9 Å². The molecule has 6 nitrogen and oxygen atoms in total. The topological polar surface area (TPSA) is 93.4 Å². The number of carbonyl (C=O) groups is 2. The van der Waals surface area contributed by atoms with Crippen LogP contribution in [0.1, 0.15) is 50.6 Å². The molecule has 0 saturated heterocycles. The van der Waals surface area contributed by atoms with Gasteiger partial charge in [-0.25, -0.2) is 0 Å². The normalized spacial score (nSPS) is 10.6. The van der Waals surface area contributed by atoms with Gasteiger partial charge >= 0.3 is 0 Å². The second-order valence-corrected chi connectivity index (χ2v) is 9.00. The summed E-state index contributed by atoms with van der Waals surface area (Å²) in [6, 6.07) is 16.8. The first-order valence-electron chi connectivity index (χ1n) is 10.1. The Kier molecular flexibility index (Phi) is 7.61. The van der Waals surface area contributed by atoms with E-state index in [1.807, 2.05) is 51.1 Å². The number of anilines is 1. The highest BCUT2D eigenvalue weighted by Crippen LogP contribution is 2.34. The lowest BCUT2D eigenvalue weighted by Gasteiger charge is -2.12. The van der Waals surface area contributed by atoms with E-state index in [9.17, 15) is 9.59 Å². The summed E-state index contributed by atoms with van der Waals surface area (Å²) >= 11 is 6.72. The summed E-state index contributed by atoms with van der Waals surface area (Å²) in [4.78, 5) is 25.7. The molecule has 8 heteroatoms. The van der Waals surface area contributed by atoms with E-state index in [-0.39, 0.29) is 17.1 Å². The summed E-state index contributed by atoms with van der Waals surface area (Å²) in [7, 11) is 0. The Morgan fingerprint density at radius 3 is 2.50 bits per heavy atom. The lowest BCUT2D eigenvalue weighted by Crippen LogP contribution is -2.34. The van der Waals surface area contributed by atoms with Gasteiger partial charge in [0.15, 0.2) is 5.11 Å². The first kappa shape index (κ1) is 23.4. The molecule has 2 amide bonds. The van der Waals surface area contributed by atoms with E-state index in [0.717, 1.165) is 16.0 Å². The molecule has 2 aromatic carbocycles. The molecule has 0 radical (unpaired) electrons. The molecule has 0 unspecified atom stereocenters. The maximum Gasteiger partial charge on any atom is 0.257 e. The fourth-order valence-corrected chi connectivity index (χ4v) is 4.70. The van der Waals surface area contributed by atoms with E-state index >= 15 is 0 Å². The minimum absolute atomic E-state index is 0.00424. The largest absolute Gasteiger partial charge is 0.491 e. The number of thiocarbonyl (C=S) groups is 1. The molecule has 0 aliphatic heterocycles. The molecule has 166 valence electrons. The molecule has 0 aliphatic carbocycles. The van der Waals surface area contributed by atoms with Crippen molar-refractivity contribution in [2.24, 2.45) is 5.73 Å². The zero-order valence-corrected chi connectivity index (χ0v) is 19.7. The van der Waals surface area contributed by atoms with Crippen LogP contribution >= 0.6 is 23.6 Å². The lowest BCUT2D eigenvalue weighted by atomic mass is 10.1. The summed E-state index contributed by atoms with van der Waals surface area (Å²) in [5.74, 6) is -0.328. The summed E-state index contributed by atoms with van der Waals surface area (Å²) in [6.45, 7) is 5.69. The number of nitrogens with two attached hydrogens (primary N) is 1. The molecule has 0 spiro atoms. The van der Waals surface area contributed by atoms with Crippen LogP contribution in [0.15, 0.2) is 54.6 Å². The molecule has 0 aliphatic rings. The van der Waals surface area contributed by atoms with Crippen LogP contribution in [0, 0.1) is 6.92 Å². The van der Waals surface area contributed by atoms with Gasteiger partial charge in [0.2, 0.25) is 0 Å². The highest BCUT2D eigenvalue weighted by atomic mass is 32.1. The third kappa shape index (κ3) is 5.93. The summed E-state index contributed by atoms with van der Waals surface area (Å²) in [5.41, 5.74) is 8.35. The van der Waals surface area contributed by atoms with Gasteiger partial charge in [0.25, 0.3) is 11.8 Å². The van der Waals surface area contributed by atoms with Crippen LogP contribution in [0.25, 0.3) is 0 Å². The smallest absolute Gasteiger partial charge is 0.257 e. The fourth-order valence-electron chi connectivity index (χ4n) is 3.19. The number of primary amides is 1. The van der Waals surface area contributed by atoms with Crippen molar-refractivity contribution in [1.82, 2.24) is 5.32 Å². The van der Waals surface area contributed by atoms with Crippen molar-refractivity contribution in [2.45, 2.75) is 33.3 Å². The molecular formula is C24H25N3O3S2. The quantitative estimate of drug-likeness (QED) is 0.440. The zero-order chi connectivity index (χ0) is 23.3. The first-order chi connectivity index (χ1) is 15.2. The van der Waals surface area contributed by atoms with E-state index in [1.54, 1.807) is 24.3 Å². The predicted molar refractivity (Wildman–Crippen MR) is 133 cm³/mol. The lowest BCUT2D eigenvalue weighted by molar-refractivity contribution is 0.0975. The van der Waals surface area contributed by atoms with Crippen molar-refractivity contribution in [3.63, 3.8) is 0 Å². The van der Waals surface area contributed by atoms with Crippen molar-refractivity contribution in [3.8, 4) is 5.75 Å². The minimum Gasteiger partial charge on any atom is -0.491 e. The number of hydrogen-bond acceptors (Lipinski definition) is 5. The molecule has 32 heavy (non-hydrogen) atoms. The van der Waals surface area contributed by atoms with Crippen LogP contribution in [-0.4, -0.2) is 23.0 Å². The van der Waals surface area contributed by atoms with Crippen molar-refractivity contribution in [1.29, 1.82) is 0 Å². The Balaban J connectivity index is 1.75. The van der Waals surface area contributed by atoms with Crippen molar-refractivity contribution >= 4 is 45.5 Å².